The van der Waals surface area contributed by atoms with E-state index in [4.69, 9.17) is 9.47 Å². The Labute approximate surface area is 151 Å². The molecule has 1 rings (SSSR count). The van der Waals surface area contributed by atoms with Crippen LogP contribution in [0, 0.1) is 0 Å². The second kappa shape index (κ2) is 10.5. The highest BCUT2D eigenvalue weighted by atomic mass is 79.9. The van der Waals surface area contributed by atoms with Crippen molar-refractivity contribution in [1.82, 2.24) is 9.80 Å². The molecule has 0 radical (unpaired) electrons. The van der Waals surface area contributed by atoms with E-state index in [1.165, 1.54) is 0 Å². The zero-order valence-electron chi connectivity index (χ0n) is 13.9. The predicted molar refractivity (Wildman–Crippen MR) is 99.2 cm³/mol. The van der Waals surface area contributed by atoms with Crippen molar-refractivity contribution >= 4 is 31.9 Å². The Morgan fingerprint density at radius 3 is 1.45 bits per heavy atom. The number of benzene rings is 1. The Bertz CT molecular complexity index is 412. The van der Waals surface area contributed by atoms with Gasteiger partial charge in [-0.3, -0.25) is 0 Å². The quantitative estimate of drug-likeness (QED) is 0.518. The zero-order chi connectivity index (χ0) is 16.5. The molecule has 0 saturated heterocycles. The maximum absolute atomic E-state index is 5.81. The Morgan fingerprint density at radius 2 is 1.14 bits per heavy atom. The molecular weight excluding hydrogens is 412 g/mol. The van der Waals surface area contributed by atoms with Gasteiger partial charge in [-0.05, 0) is 85.0 Å². The van der Waals surface area contributed by atoms with Crippen molar-refractivity contribution in [1.29, 1.82) is 0 Å². The van der Waals surface area contributed by atoms with Gasteiger partial charge in [0.05, 0.1) is 22.2 Å². The molecule has 0 fully saturated rings. The second-order valence-corrected chi connectivity index (χ2v) is 7.43. The number of halogens is 2. The maximum atomic E-state index is 5.81. The summed E-state index contributed by atoms with van der Waals surface area (Å²) >= 11 is 7.10. The Morgan fingerprint density at radius 1 is 0.773 bits per heavy atom. The van der Waals surface area contributed by atoms with Crippen molar-refractivity contribution in [2.75, 3.05) is 54.5 Å². The third kappa shape index (κ3) is 7.81. The van der Waals surface area contributed by atoms with Crippen LogP contribution in [0.25, 0.3) is 0 Å². The number of ether oxygens (including phenoxy) is 2. The topological polar surface area (TPSA) is 24.9 Å². The molecule has 0 heterocycles. The van der Waals surface area contributed by atoms with E-state index in [1.54, 1.807) is 0 Å². The summed E-state index contributed by atoms with van der Waals surface area (Å²) in [6.07, 6.45) is 2.00. The molecule has 0 aliphatic heterocycles. The normalized spacial score (nSPS) is 11.3. The van der Waals surface area contributed by atoms with Crippen LogP contribution in [0.2, 0.25) is 0 Å². The lowest BCUT2D eigenvalue weighted by Crippen LogP contribution is -2.16. The summed E-state index contributed by atoms with van der Waals surface area (Å²) in [4.78, 5) is 4.30. The molecule has 0 atom stereocenters. The minimum atomic E-state index is 0.701. The molecule has 22 heavy (non-hydrogen) atoms. The van der Waals surface area contributed by atoms with Crippen molar-refractivity contribution in [3.05, 3.63) is 21.1 Å². The van der Waals surface area contributed by atoms with E-state index in [0.29, 0.717) is 13.2 Å². The molecule has 0 aliphatic rings. The first-order valence-corrected chi connectivity index (χ1v) is 9.03. The molecule has 4 nitrogen and oxygen atoms in total. The third-order valence-electron chi connectivity index (χ3n) is 3.00. The first kappa shape index (κ1) is 19.7. The van der Waals surface area contributed by atoms with Gasteiger partial charge < -0.3 is 19.3 Å². The summed E-state index contributed by atoms with van der Waals surface area (Å²) < 4.78 is 13.5. The van der Waals surface area contributed by atoms with Crippen LogP contribution in [0.5, 0.6) is 11.5 Å². The van der Waals surface area contributed by atoms with Crippen molar-refractivity contribution in [3.63, 3.8) is 0 Å². The summed E-state index contributed by atoms with van der Waals surface area (Å²) in [5.41, 5.74) is 0. The predicted octanol–water partition coefficient (Wildman–Crippen LogP) is 3.87. The van der Waals surface area contributed by atoms with Gasteiger partial charge in [0.1, 0.15) is 11.5 Å². The van der Waals surface area contributed by atoms with Crippen molar-refractivity contribution < 1.29 is 9.47 Å². The number of hydrogen-bond acceptors (Lipinski definition) is 4. The SMILES string of the molecule is CN(C)CCCOc1cc(Br)c(OCCCN(C)C)cc1Br. The van der Waals surface area contributed by atoms with Crippen molar-refractivity contribution in [2.24, 2.45) is 0 Å². The van der Waals surface area contributed by atoms with Gasteiger partial charge >= 0.3 is 0 Å². The summed E-state index contributed by atoms with van der Waals surface area (Å²) in [6, 6.07) is 3.92. The Balaban J connectivity index is 2.48. The summed E-state index contributed by atoms with van der Waals surface area (Å²) in [6.45, 7) is 3.44. The Hall–Kier alpha value is -0.300. The van der Waals surface area contributed by atoms with Crippen LogP contribution in [0.4, 0.5) is 0 Å². The second-order valence-electron chi connectivity index (χ2n) is 5.72. The van der Waals surface area contributed by atoms with Gasteiger partial charge in [-0.15, -0.1) is 0 Å². The summed E-state index contributed by atoms with van der Waals surface area (Å²) in [7, 11) is 8.26. The summed E-state index contributed by atoms with van der Waals surface area (Å²) in [5.74, 6) is 1.68. The van der Waals surface area contributed by atoms with Crippen LogP contribution in [0.15, 0.2) is 21.1 Å². The van der Waals surface area contributed by atoms with Crippen molar-refractivity contribution in [3.8, 4) is 11.5 Å². The van der Waals surface area contributed by atoms with E-state index in [-0.39, 0.29) is 0 Å². The lowest BCUT2D eigenvalue weighted by molar-refractivity contribution is 0.273. The number of rotatable bonds is 10. The van der Waals surface area contributed by atoms with Crippen LogP contribution in [0.3, 0.4) is 0 Å². The van der Waals surface area contributed by atoms with E-state index in [1.807, 2.05) is 12.1 Å². The first-order chi connectivity index (χ1) is 10.4. The largest absolute Gasteiger partial charge is 0.492 e. The minimum absolute atomic E-state index is 0.701. The smallest absolute Gasteiger partial charge is 0.134 e. The molecule has 1 aromatic carbocycles. The highest BCUT2D eigenvalue weighted by Crippen LogP contribution is 2.36. The molecule has 0 spiro atoms. The molecule has 0 aromatic heterocycles. The lowest BCUT2D eigenvalue weighted by atomic mass is 10.3. The van der Waals surface area contributed by atoms with Gasteiger partial charge in [-0.25, -0.2) is 0 Å². The lowest BCUT2D eigenvalue weighted by Gasteiger charge is -2.14. The fourth-order valence-corrected chi connectivity index (χ4v) is 2.73. The molecule has 0 unspecified atom stereocenters. The van der Waals surface area contributed by atoms with Crippen LogP contribution in [-0.4, -0.2) is 64.3 Å². The van der Waals surface area contributed by atoms with Gasteiger partial charge in [0.25, 0.3) is 0 Å². The van der Waals surface area contributed by atoms with Crippen molar-refractivity contribution in [2.45, 2.75) is 12.8 Å². The van der Waals surface area contributed by atoms with E-state index in [9.17, 15) is 0 Å². The van der Waals surface area contributed by atoms with Crippen LogP contribution in [0.1, 0.15) is 12.8 Å². The molecule has 0 N–H and O–H groups in total. The molecular formula is C16H26Br2N2O2. The highest BCUT2D eigenvalue weighted by molar-refractivity contribution is 9.11. The first-order valence-electron chi connectivity index (χ1n) is 7.44. The number of hydrogen-bond donors (Lipinski definition) is 0. The zero-order valence-corrected chi connectivity index (χ0v) is 17.0. The van der Waals surface area contributed by atoms with Gasteiger partial charge in [0.15, 0.2) is 0 Å². The van der Waals surface area contributed by atoms with Crippen LogP contribution < -0.4 is 9.47 Å². The van der Waals surface area contributed by atoms with E-state index >= 15 is 0 Å². The minimum Gasteiger partial charge on any atom is -0.492 e. The van der Waals surface area contributed by atoms with Crippen LogP contribution in [-0.2, 0) is 0 Å². The van der Waals surface area contributed by atoms with Gasteiger partial charge in [0, 0.05) is 13.1 Å². The van der Waals surface area contributed by atoms with E-state index in [0.717, 1.165) is 46.4 Å². The van der Waals surface area contributed by atoms with E-state index in [2.05, 4.69) is 69.9 Å². The standard InChI is InChI=1S/C16H26Br2N2O2/c1-19(2)7-5-9-21-15-11-14(18)16(12-13(15)17)22-10-6-8-20(3)4/h11-12H,5-10H2,1-4H3. The average Bonchev–Trinajstić information content (AvgIpc) is 2.43. The fourth-order valence-electron chi connectivity index (χ4n) is 1.86. The molecule has 0 aliphatic carbocycles. The Kier molecular flexibility index (Phi) is 9.40. The van der Waals surface area contributed by atoms with Crippen LogP contribution >= 0.6 is 31.9 Å². The van der Waals surface area contributed by atoms with Gasteiger partial charge in [0.2, 0.25) is 0 Å². The number of nitrogens with zero attached hydrogens (tertiary/aromatic N) is 2. The molecule has 6 heteroatoms. The molecule has 1 aromatic rings. The molecule has 0 bridgehead atoms. The van der Waals surface area contributed by atoms with Gasteiger partial charge in [-0.1, -0.05) is 0 Å². The molecule has 126 valence electrons. The molecule has 0 amide bonds. The highest BCUT2D eigenvalue weighted by Gasteiger charge is 2.09. The third-order valence-corrected chi connectivity index (χ3v) is 4.24. The maximum Gasteiger partial charge on any atom is 0.134 e. The molecule has 0 saturated carbocycles. The van der Waals surface area contributed by atoms with E-state index < -0.39 is 0 Å². The summed E-state index contributed by atoms with van der Waals surface area (Å²) in [5, 5.41) is 0. The van der Waals surface area contributed by atoms with Gasteiger partial charge in [-0.2, -0.15) is 0 Å². The monoisotopic (exact) mass is 436 g/mol. The average molecular weight is 438 g/mol. The fraction of sp³-hybridized carbons (Fsp3) is 0.625.